The fraction of sp³-hybridized carbons (Fsp3) is 0.280. The molecule has 27 heavy (non-hydrogen) atoms. The summed E-state index contributed by atoms with van der Waals surface area (Å²) in [4.78, 5) is 0. The molecule has 0 unspecified atom stereocenters. The molecular formula is C25H29NO. The molecule has 3 rings (SSSR count). The Hall–Kier alpha value is -2.58. The molecule has 0 bridgehead atoms. The second kappa shape index (κ2) is 9.38. The molecule has 0 aliphatic heterocycles. The summed E-state index contributed by atoms with van der Waals surface area (Å²) in [6.45, 7) is 2.17. The van der Waals surface area contributed by atoms with E-state index in [4.69, 9.17) is 0 Å². The van der Waals surface area contributed by atoms with Crippen LogP contribution in [0.3, 0.4) is 0 Å². The van der Waals surface area contributed by atoms with Crippen LogP contribution in [0.15, 0.2) is 91.0 Å². The Morgan fingerprint density at radius 2 is 1.37 bits per heavy atom. The van der Waals surface area contributed by atoms with Crippen molar-refractivity contribution in [1.29, 1.82) is 0 Å². The highest BCUT2D eigenvalue weighted by Gasteiger charge is 2.32. The maximum Gasteiger partial charge on any atom is 0.0919 e. The number of hydrogen-bond acceptors (Lipinski definition) is 2. The smallest absolute Gasteiger partial charge is 0.0919 e. The Kier molecular flexibility index (Phi) is 6.67. The maximum absolute atomic E-state index is 11.7. The first-order valence-corrected chi connectivity index (χ1v) is 9.86. The van der Waals surface area contributed by atoms with E-state index in [0.717, 1.165) is 30.5 Å². The predicted molar refractivity (Wildman–Crippen MR) is 114 cm³/mol. The Bertz CT molecular complexity index is 788. The van der Waals surface area contributed by atoms with Crippen molar-refractivity contribution in [2.45, 2.75) is 44.2 Å². The summed E-state index contributed by atoms with van der Waals surface area (Å²) in [6, 6.07) is 30.8. The first kappa shape index (κ1) is 19.2. The average Bonchev–Trinajstić information content (AvgIpc) is 2.74. The van der Waals surface area contributed by atoms with Crippen LogP contribution < -0.4 is 5.32 Å². The van der Waals surface area contributed by atoms with Gasteiger partial charge in [0.1, 0.15) is 0 Å². The summed E-state index contributed by atoms with van der Waals surface area (Å²) in [5.41, 5.74) is 2.39. The second-order valence-electron chi connectivity index (χ2n) is 7.18. The van der Waals surface area contributed by atoms with E-state index in [9.17, 15) is 5.11 Å². The first-order valence-electron chi connectivity index (χ1n) is 9.86. The molecule has 2 heteroatoms. The summed E-state index contributed by atoms with van der Waals surface area (Å²) in [6.07, 6.45) is 3.44. The molecular weight excluding hydrogens is 330 g/mol. The minimum atomic E-state index is -0.862. The van der Waals surface area contributed by atoms with Crippen LogP contribution >= 0.6 is 0 Å². The van der Waals surface area contributed by atoms with Crippen LogP contribution in [0, 0.1) is 0 Å². The molecule has 0 amide bonds. The number of aliphatic hydroxyl groups is 1. The second-order valence-corrected chi connectivity index (χ2v) is 7.18. The minimum absolute atomic E-state index is 0.0238. The molecule has 3 aromatic carbocycles. The standard InChI is InChI=1S/C25H29NO/c1-2-3-19-25(27,22-15-9-5-10-16-22)20-24(21-13-7-4-8-14-21)26-23-17-11-6-12-18-23/h4-18,24,26-27H,2-3,19-20H2,1H3/t24-,25+/m0/s1. The lowest BCUT2D eigenvalue weighted by molar-refractivity contribution is 0.0114. The summed E-state index contributed by atoms with van der Waals surface area (Å²) in [5.74, 6) is 0. The van der Waals surface area contributed by atoms with Gasteiger partial charge in [-0.15, -0.1) is 0 Å². The van der Waals surface area contributed by atoms with Gasteiger partial charge >= 0.3 is 0 Å². The van der Waals surface area contributed by atoms with Crippen molar-refractivity contribution in [3.63, 3.8) is 0 Å². The van der Waals surface area contributed by atoms with Crippen LogP contribution in [0.5, 0.6) is 0 Å². The molecule has 0 aliphatic carbocycles. The lowest BCUT2D eigenvalue weighted by Gasteiger charge is -2.34. The molecule has 2 nitrogen and oxygen atoms in total. The number of para-hydroxylation sites is 1. The fourth-order valence-corrected chi connectivity index (χ4v) is 3.59. The number of benzene rings is 3. The van der Waals surface area contributed by atoms with E-state index >= 15 is 0 Å². The van der Waals surface area contributed by atoms with Crippen LogP contribution in [0.2, 0.25) is 0 Å². The maximum atomic E-state index is 11.7. The van der Waals surface area contributed by atoms with Crippen molar-refractivity contribution >= 4 is 5.69 Å². The third-order valence-corrected chi connectivity index (χ3v) is 5.11. The number of hydrogen-bond donors (Lipinski definition) is 2. The van der Waals surface area contributed by atoms with Crippen molar-refractivity contribution in [2.75, 3.05) is 5.32 Å². The zero-order valence-electron chi connectivity index (χ0n) is 16.0. The van der Waals surface area contributed by atoms with Gasteiger partial charge in [0.25, 0.3) is 0 Å². The van der Waals surface area contributed by atoms with Gasteiger partial charge in [0.15, 0.2) is 0 Å². The molecule has 140 valence electrons. The highest BCUT2D eigenvalue weighted by atomic mass is 16.3. The summed E-state index contributed by atoms with van der Waals surface area (Å²) < 4.78 is 0. The van der Waals surface area contributed by atoms with Gasteiger partial charge in [0.2, 0.25) is 0 Å². The zero-order chi connectivity index (χ0) is 19.0. The largest absolute Gasteiger partial charge is 0.385 e. The molecule has 0 heterocycles. The Morgan fingerprint density at radius 3 is 1.96 bits per heavy atom. The Balaban J connectivity index is 1.92. The molecule has 0 spiro atoms. The van der Waals surface area contributed by atoms with Crippen molar-refractivity contribution in [3.8, 4) is 0 Å². The number of rotatable bonds is 9. The van der Waals surface area contributed by atoms with Crippen LogP contribution in [0.25, 0.3) is 0 Å². The monoisotopic (exact) mass is 359 g/mol. The number of unbranched alkanes of at least 4 members (excludes halogenated alkanes) is 1. The van der Waals surface area contributed by atoms with Crippen molar-refractivity contribution < 1.29 is 5.11 Å². The highest BCUT2D eigenvalue weighted by Crippen LogP contribution is 2.37. The van der Waals surface area contributed by atoms with Gasteiger partial charge in [-0.25, -0.2) is 0 Å². The van der Waals surface area contributed by atoms with Gasteiger partial charge in [-0.3, -0.25) is 0 Å². The molecule has 0 saturated carbocycles. The van der Waals surface area contributed by atoms with E-state index in [1.807, 2.05) is 54.6 Å². The molecule has 0 aliphatic rings. The topological polar surface area (TPSA) is 32.3 Å². The first-order chi connectivity index (χ1) is 13.2. The van der Waals surface area contributed by atoms with E-state index in [1.54, 1.807) is 0 Å². The fourth-order valence-electron chi connectivity index (χ4n) is 3.59. The molecule has 0 fully saturated rings. The van der Waals surface area contributed by atoms with Crippen LogP contribution in [0.4, 0.5) is 5.69 Å². The van der Waals surface area contributed by atoms with E-state index in [-0.39, 0.29) is 6.04 Å². The molecule has 0 saturated heterocycles. The van der Waals surface area contributed by atoms with Crippen LogP contribution in [-0.2, 0) is 5.60 Å². The molecule has 0 radical (unpaired) electrons. The van der Waals surface area contributed by atoms with Gasteiger partial charge < -0.3 is 10.4 Å². The quantitative estimate of drug-likeness (QED) is 0.469. The Labute approximate surface area is 162 Å². The third kappa shape index (κ3) is 5.21. The van der Waals surface area contributed by atoms with E-state index in [1.165, 1.54) is 5.56 Å². The van der Waals surface area contributed by atoms with Crippen molar-refractivity contribution in [3.05, 3.63) is 102 Å². The van der Waals surface area contributed by atoms with Crippen molar-refractivity contribution in [1.82, 2.24) is 0 Å². The molecule has 2 N–H and O–H groups in total. The van der Waals surface area contributed by atoms with E-state index in [0.29, 0.717) is 6.42 Å². The van der Waals surface area contributed by atoms with Crippen molar-refractivity contribution in [2.24, 2.45) is 0 Å². The van der Waals surface area contributed by atoms with Gasteiger partial charge in [-0.05, 0) is 29.7 Å². The lowest BCUT2D eigenvalue weighted by atomic mass is 9.81. The number of nitrogens with one attached hydrogen (secondary N) is 1. The Morgan fingerprint density at radius 1 is 0.815 bits per heavy atom. The van der Waals surface area contributed by atoms with E-state index < -0.39 is 5.60 Å². The normalized spacial score (nSPS) is 14.3. The average molecular weight is 360 g/mol. The molecule has 3 aromatic rings. The molecule has 0 aromatic heterocycles. The summed E-state index contributed by atoms with van der Waals surface area (Å²) in [7, 11) is 0. The lowest BCUT2D eigenvalue weighted by Crippen LogP contribution is -2.30. The van der Waals surface area contributed by atoms with Crippen LogP contribution in [0.1, 0.15) is 49.8 Å². The van der Waals surface area contributed by atoms with Crippen LogP contribution in [-0.4, -0.2) is 5.11 Å². The summed E-state index contributed by atoms with van der Waals surface area (Å²) in [5, 5.41) is 15.3. The third-order valence-electron chi connectivity index (χ3n) is 5.11. The zero-order valence-corrected chi connectivity index (χ0v) is 16.0. The highest BCUT2D eigenvalue weighted by molar-refractivity contribution is 5.45. The minimum Gasteiger partial charge on any atom is -0.385 e. The molecule has 2 atom stereocenters. The predicted octanol–water partition coefficient (Wildman–Crippen LogP) is 6.31. The van der Waals surface area contributed by atoms with Gasteiger partial charge in [0.05, 0.1) is 11.6 Å². The summed E-state index contributed by atoms with van der Waals surface area (Å²) >= 11 is 0. The van der Waals surface area contributed by atoms with Gasteiger partial charge in [-0.2, -0.15) is 0 Å². The SMILES string of the molecule is CCCC[C@@](O)(C[C@H](Nc1ccccc1)c1ccccc1)c1ccccc1. The van der Waals surface area contributed by atoms with E-state index in [2.05, 4.69) is 48.6 Å². The van der Waals surface area contributed by atoms with Gasteiger partial charge in [0, 0.05) is 12.1 Å². The number of anilines is 1. The van der Waals surface area contributed by atoms with Gasteiger partial charge in [-0.1, -0.05) is 98.6 Å².